The lowest BCUT2D eigenvalue weighted by atomic mass is 10.4. The van der Waals surface area contributed by atoms with E-state index in [0.29, 0.717) is 17.1 Å². The molecule has 0 aliphatic heterocycles. The lowest BCUT2D eigenvalue weighted by Crippen LogP contribution is -2.23. The third-order valence-corrected chi connectivity index (χ3v) is 5.30. The molecule has 18 heavy (non-hydrogen) atoms. The first-order chi connectivity index (χ1) is 8.26. The quantitative estimate of drug-likeness (QED) is 0.392. The van der Waals surface area contributed by atoms with Crippen molar-refractivity contribution in [1.29, 1.82) is 0 Å². The summed E-state index contributed by atoms with van der Waals surface area (Å²) in [7, 11) is -3.94. The third kappa shape index (κ3) is 9.81. The van der Waals surface area contributed by atoms with Gasteiger partial charge in [-0.3, -0.25) is 4.55 Å². The minimum atomic E-state index is -3.94. The van der Waals surface area contributed by atoms with Crippen LogP contribution in [-0.2, 0) is 30.3 Å². The minimum Gasteiger partial charge on any atom is -0.286 e. The Labute approximate surface area is 116 Å². The largest absolute Gasteiger partial charge is 0.389 e. The molecule has 0 aromatic carbocycles. The molecule has 1 atom stereocenters. The molecule has 5 nitrogen and oxygen atoms in total. The van der Waals surface area contributed by atoms with Crippen molar-refractivity contribution in [3.05, 3.63) is 12.2 Å². The van der Waals surface area contributed by atoms with Crippen LogP contribution in [0.1, 0.15) is 13.3 Å². The van der Waals surface area contributed by atoms with Crippen LogP contribution in [0, 0.1) is 0 Å². The molecule has 0 aliphatic carbocycles. The summed E-state index contributed by atoms with van der Waals surface area (Å²) in [5, 5.41) is 0. The van der Waals surface area contributed by atoms with Crippen molar-refractivity contribution in [2.45, 2.75) is 13.3 Å². The Morgan fingerprint density at radius 1 is 1.44 bits per heavy atom. The average molecular weight is 315 g/mol. The maximum Gasteiger partial charge on any atom is 0.389 e. The fourth-order valence-electron chi connectivity index (χ4n) is 0.942. The van der Waals surface area contributed by atoms with E-state index in [9.17, 15) is 13.2 Å². The van der Waals surface area contributed by atoms with E-state index in [2.05, 4.69) is 6.58 Å². The molecule has 0 fully saturated rings. The lowest BCUT2D eigenvalue weighted by molar-refractivity contribution is -0.129. The zero-order valence-electron chi connectivity index (χ0n) is 10.5. The highest BCUT2D eigenvalue weighted by Gasteiger charge is 2.25. The van der Waals surface area contributed by atoms with Crippen LogP contribution in [-0.4, -0.2) is 48.2 Å². The molecule has 0 aliphatic rings. The van der Waals surface area contributed by atoms with Gasteiger partial charge < -0.3 is 0 Å². The summed E-state index contributed by atoms with van der Waals surface area (Å²) >= 11 is 1.01. The fourth-order valence-corrected chi connectivity index (χ4v) is 4.24. The van der Waals surface area contributed by atoms with Crippen LogP contribution in [0.5, 0.6) is 0 Å². The van der Waals surface area contributed by atoms with Gasteiger partial charge in [-0.25, -0.2) is 8.98 Å². The molecule has 106 valence electrons. The van der Waals surface area contributed by atoms with Crippen LogP contribution in [0.2, 0.25) is 0 Å². The molecule has 0 saturated carbocycles. The first-order valence-electron chi connectivity index (χ1n) is 5.26. The Morgan fingerprint density at radius 2 is 2.06 bits per heavy atom. The molecule has 1 N–H and O–H groups in total. The van der Waals surface area contributed by atoms with Crippen molar-refractivity contribution in [2.24, 2.45) is 0 Å². The predicted octanol–water partition coefficient (Wildman–Crippen LogP) is 1.28. The molecule has 0 aromatic heterocycles. The summed E-state index contributed by atoms with van der Waals surface area (Å²) in [5.41, 5.74) is 0.325. The highest BCUT2D eigenvalue weighted by Crippen LogP contribution is 2.09. The Kier molecular flexibility index (Phi) is 8.75. The van der Waals surface area contributed by atoms with Crippen LogP contribution in [0.3, 0.4) is 0 Å². The molecule has 0 rings (SSSR count). The van der Waals surface area contributed by atoms with Gasteiger partial charge in [-0.15, -0.1) is 0 Å². The van der Waals surface area contributed by atoms with Crippen LogP contribution in [0.15, 0.2) is 12.2 Å². The third-order valence-electron chi connectivity index (χ3n) is 1.83. The van der Waals surface area contributed by atoms with Gasteiger partial charge in [-0.1, -0.05) is 6.58 Å². The van der Waals surface area contributed by atoms with Crippen LogP contribution in [0.4, 0.5) is 0 Å². The average Bonchev–Trinajstić information content (AvgIpc) is 2.23. The van der Waals surface area contributed by atoms with Crippen LogP contribution < -0.4 is 0 Å². The summed E-state index contributed by atoms with van der Waals surface area (Å²) in [5.74, 6) is 1.20. The maximum absolute atomic E-state index is 11.4. The highest BCUT2D eigenvalue weighted by atomic mass is 32.2. The van der Waals surface area contributed by atoms with Gasteiger partial charge in [0.2, 0.25) is 11.2 Å². The normalized spacial score (nSPS) is 13.1. The zero-order valence-corrected chi connectivity index (χ0v) is 13.0. The highest BCUT2D eigenvalue weighted by molar-refractivity contribution is 8.00. The summed E-state index contributed by atoms with van der Waals surface area (Å²) in [6.45, 7) is 5.06. The molecule has 0 aromatic rings. The van der Waals surface area contributed by atoms with Crippen molar-refractivity contribution >= 4 is 39.0 Å². The number of carbonyl (C=O) groups excluding carboxylic acids is 1. The van der Waals surface area contributed by atoms with E-state index in [1.165, 1.54) is 0 Å². The smallest absolute Gasteiger partial charge is 0.286 e. The number of rotatable bonds is 9. The van der Waals surface area contributed by atoms with Crippen molar-refractivity contribution in [2.75, 3.05) is 29.3 Å². The summed E-state index contributed by atoms with van der Waals surface area (Å²) in [4.78, 5) is 11.4. The van der Waals surface area contributed by atoms with Gasteiger partial charge in [-0.05, 0) is 13.2 Å². The monoisotopic (exact) mass is 315 g/mol. The molecular formula is C10H19O5S3+. The second-order valence-electron chi connectivity index (χ2n) is 3.63. The van der Waals surface area contributed by atoms with E-state index in [-0.39, 0.29) is 12.2 Å². The zero-order chi connectivity index (χ0) is 14.2. The number of hydrogen-bond donors (Lipinski definition) is 1. The molecular weight excluding hydrogens is 296 g/mol. The van der Waals surface area contributed by atoms with Gasteiger partial charge in [0, 0.05) is 17.7 Å². The van der Waals surface area contributed by atoms with Crippen molar-refractivity contribution in [3.63, 3.8) is 0 Å². The standard InChI is InChI=1S/C10H18O5S3/c1-9(2)10(11)15-17(7-5-16-3)6-4-8-18(12,13)14/h1,4-8H2,2-3H3/p+1. The summed E-state index contributed by atoms with van der Waals surface area (Å²) < 4.78 is 35.0. The maximum atomic E-state index is 11.4. The summed E-state index contributed by atoms with van der Waals surface area (Å²) in [6, 6.07) is 0. The van der Waals surface area contributed by atoms with Gasteiger partial charge in [-0.2, -0.15) is 20.2 Å². The molecule has 8 heteroatoms. The van der Waals surface area contributed by atoms with Gasteiger partial charge in [0.05, 0.1) is 5.75 Å². The van der Waals surface area contributed by atoms with E-state index in [1.54, 1.807) is 18.7 Å². The summed E-state index contributed by atoms with van der Waals surface area (Å²) in [6.07, 6.45) is 2.22. The second kappa shape index (κ2) is 8.84. The van der Waals surface area contributed by atoms with Crippen molar-refractivity contribution < 1.29 is 21.9 Å². The number of thioether (sulfide) groups is 1. The Bertz CT molecular complexity index is 377. The van der Waals surface area contributed by atoms with Crippen molar-refractivity contribution in [3.8, 4) is 0 Å². The van der Waals surface area contributed by atoms with E-state index in [1.807, 2.05) is 6.26 Å². The molecule has 0 spiro atoms. The van der Waals surface area contributed by atoms with E-state index in [0.717, 1.165) is 5.75 Å². The van der Waals surface area contributed by atoms with E-state index >= 15 is 0 Å². The number of hydrogen-bond acceptors (Lipinski definition) is 5. The van der Waals surface area contributed by atoms with Gasteiger partial charge in [0.25, 0.3) is 10.1 Å². The van der Waals surface area contributed by atoms with Crippen LogP contribution in [0.25, 0.3) is 0 Å². The first-order valence-corrected chi connectivity index (χ1v) is 9.75. The molecule has 0 heterocycles. The Balaban J connectivity index is 4.22. The van der Waals surface area contributed by atoms with E-state index < -0.39 is 27.3 Å². The first kappa shape index (κ1) is 17.8. The SMILES string of the molecule is C=C(C)C(=O)O[S+](CCCS(=O)(=O)O)CCSC. The minimum absolute atomic E-state index is 0.278. The van der Waals surface area contributed by atoms with Gasteiger partial charge in [0.1, 0.15) is 0 Å². The van der Waals surface area contributed by atoms with Gasteiger partial charge in [0.15, 0.2) is 11.5 Å². The molecule has 0 saturated heterocycles. The topological polar surface area (TPSA) is 80.7 Å². The molecule has 0 radical (unpaired) electrons. The Hall–Kier alpha value is -0.180. The molecule has 0 amide bonds. The predicted molar refractivity (Wildman–Crippen MR) is 77.4 cm³/mol. The molecule has 0 bridgehead atoms. The lowest BCUT2D eigenvalue weighted by Gasteiger charge is -2.06. The van der Waals surface area contributed by atoms with E-state index in [4.69, 9.17) is 8.74 Å². The van der Waals surface area contributed by atoms with Crippen molar-refractivity contribution in [1.82, 2.24) is 0 Å². The Morgan fingerprint density at radius 3 is 2.50 bits per heavy atom. The fraction of sp³-hybridized carbons (Fsp3) is 0.700. The van der Waals surface area contributed by atoms with Crippen LogP contribution >= 0.6 is 11.8 Å². The number of carbonyl (C=O) groups is 1. The second-order valence-corrected chi connectivity index (χ2v) is 8.05. The van der Waals surface area contributed by atoms with Gasteiger partial charge >= 0.3 is 5.97 Å². The molecule has 1 unspecified atom stereocenters.